The van der Waals surface area contributed by atoms with Crippen LogP contribution in [0.5, 0.6) is 0 Å². The van der Waals surface area contributed by atoms with Crippen LogP contribution in [0.1, 0.15) is 42.4 Å². The van der Waals surface area contributed by atoms with E-state index in [9.17, 15) is 0 Å². The highest BCUT2D eigenvalue weighted by Gasteiger charge is 2.34. The summed E-state index contributed by atoms with van der Waals surface area (Å²) in [6, 6.07) is 41.3. The van der Waals surface area contributed by atoms with Crippen molar-refractivity contribution >= 4 is 27.1 Å². The predicted octanol–water partition coefficient (Wildman–Crippen LogP) is 7.98. The van der Waals surface area contributed by atoms with Crippen LogP contribution >= 0.6 is 0 Å². The molecule has 0 aromatic heterocycles. The van der Waals surface area contributed by atoms with E-state index in [-0.39, 0.29) is 30.3 Å². The Bertz CT molecular complexity index is 1790. The van der Waals surface area contributed by atoms with Gasteiger partial charge in [0.1, 0.15) is 0 Å². The molecule has 4 unspecified atom stereocenters. The third kappa shape index (κ3) is 5.78. The zero-order valence-corrected chi connectivity index (χ0v) is 25.2. The Morgan fingerprint density at radius 3 is 1.98 bits per heavy atom. The molecule has 2 aliphatic rings. The van der Waals surface area contributed by atoms with Crippen molar-refractivity contribution in [2.75, 3.05) is 6.54 Å². The Labute approximate surface area is 260 Å². The van der Waals surface area contributed by atoms with Crippen LogP contribution in [0.4, 0.5) is 0 Å². The maximum atomic E-state index is 5.88. The minimum atomic E-state index is 0.00919. The van der Waals surface area contributed by atoms with Crippen LogP contribution in [0.2, 0.25) is 0 Å². The van der Waals surface area contributed by atoms with Crippen molar-refractivity contribution in [2.24, 2.45) is 17.6 Å². The predicted molar refractivity (Wildman–Crippen MR) is 185 cm³/mol. The molecule has 5 N–H and O–H groups in total. The van der Waals surface area contributed by atoms with Crippen LogP contribution in [-0.4, -0.2) is 12.7 Å². The lowest BCUT2D eigenvalue weighted by atomic mass is 9.79. The van der Waals surface area contributed by atoms with Crippen LogP contribution in [0.15, 0.2) is 145 Å². The fraction of sp³-hybridized carbons (Fsp3) is 0.200. The van der Waals surface area contributed by atoms with Crippen molar-refractivity contribution in [3.05, 3.63) is 162 Å². The molecule has 0 spiro atoms. The highest BCUT2D eigenvalue weighted by Crippen LogP contribution is 2.40. The molecule has 0 radical (unpaired) electrons. The average Bonchev–Trinajstić information content (AvgIpc) is 3.10. The number of nitrogens with two attached hydrogens (primary N) is 1. The smallest absolute Gasteiger partial charge is 0.0862 e. The summed E-state index contributed by atoms with van der Waals surface area (Å²) in [6.07, 6.45) is 10.3. The van der Waals surface area contributed by atoms with E-state index in [0.717, 1.165) is 6.42 Å². The first-order chi connectivity index (χ1) is 21.7. The van der Waals surface area contributed by atoms with Gasteiger partial charge in [0.2, 0.25) is 0 Å². The Kier molecular flexibility index (Phi) is 8.23. The molecule has 1 aliphatic heterocycles. The Morgan fingerprint density at radius 1 is 0.727 bits per heavy atom. The molecule has 0 amide bonds. The summed E-state index contributed by atoms with van der Waals surface area (Å²) in [5, 5.41) is 16.9. The topological polar surface area (TPSA) is 62.1 Å². The summed E-state index contributed by atoms with van der Waals surface area (Å²) in [5.74, 6) is 0.511. The number of rotatable bonds is 7. The summed E-state index contributed by atoms with van der Waals surface area (Å²) >= 11 is 0. The molecule has 1 aliphatic carbocycles. The lowest BCUT2D eigenvalue weighted by Gasteiger charge is -2.43. The van der Waals surface area contributed by atoms with Gasteiger partial charge in [0, 0.05) is 12.5 Å². The van der Waals surface area contributed by atoms with Gasteiger partial charge >= 0.3 is 0 Å². The highest BCUT2D eigenvalue weighted by molar-refractivity contribution is 6.12. The van der Waals surface area contributed by atoms with E-state index in [1.807, 2.05) is 0 Å². The van der Waals surface area contributed by atoms with Gasteiger partial charge in [-0.3, -0.25) is 16.0 Å². The molecule has 4 nitrogen and oxygen atoms in total. The van der Waals surface area contributed by atoms with Crippen LogP contribution in [0, 0.1) is 11.8 Å². The number of fused-ring (bicyclic) bond motifs is 3. The largest absolute Gasteiger partial charge is 0.327 e. The maximum absolute atomic E-state index is 5.88. The fourth-order valence-corrected chi connectivity index (χ4v) is 6.86. The molecule has 4 atom stereocenters. The van der Waals surface area contributed by atoms with Gasteiger partial charge in [0.05, 0.1) is 18.5 Å². The van der Waals surface area contributed by atoms with E-state index in [2.05, 4.69) is 162 Å². The summed E-state index contributed by atoms with van der Waals surface area (Å²) in [4.78, 5) is 0. The Morgan fingerprint density at radius 2 is 1.32 bits per heavy atom. The molecule has 0 bridgehead atoms. The van der Waals surface area contributed by atoms with E-state index in [1.165, 1.54) is 49.4 Å². The Balaban J connectivity index is 1.34. The van der Waals surface area contributed by atoms with Gasteiger partial charge in [-0.1, -0.05) is 146 Å². The molecule has 5 aromatic rings. The average molecular weight is 577 g/mol. The summed E-state index contributed by atoms with van der Waals surface area (Å²) in [7, 11) is 0. The van der Waals surface area contributed by atoms with Crippen LogP contribution < -0.4 is 21.7 Å². The molecule has 1 heterocycles. The molecular formula is C40H40N4. The summed E-state index contributed by atoms with van der Waals surface area (Å²) in [6.45, 7) is 2.84. The van der Waals surface area contributed by atoms with Crippen molar-refractivity contribution < 1.29 is 0 Å². The zero-order valence-electron chi connectivity index (χ0n) is 25.2. The molecule has 4 heteroatoms. The van der Waals surface area contributed by atoms with E-state index < -0.39 is 0 Å². The molecule has 44 heavy (non-hydrogen) atoms. The molecular weight excluding hydrogens is 536 g/mol. The normalized spacial score (nSPS) is 23.0. The molecule has 7 rings (SSSR count). The van der Waals surface area contributed by atoms with Gasteiger partial charge in [-0.25, -0.2) is 0 Å². The SMILES string of the molecule is CC(/C=C\CN)C1=CC(c2cc3ccccc3c3ccccc23)=CC(C2NC(c3ccccc3)NC(c3ccccc3)N2)C1. The first kappa shape index (κ1) is 28.5. The monoisotopic (exact) mass is 576 g/mol. The third-order valence-electron chi connectivity index (χ3n) is 9.15. The summed E-state index contributed by atoms with van der Waals surface area (Å²) in [5.41, 5.74) is 12.3. The van der Waals surface area contributed by atoms with Gasteiger partial charge < -0.3 is 5.73 Å². The molecule has 5 aromatic carbocycles. The number of nitrogens with one attached hydrogen (secondary N) is 3. The number of allylic oxidation sites excluding steroid dienone is 4. The lowest BCUT2D eigenvalue weighted by molar-refractivity contribution is 0.169. The number of hydrogen-bond acceptors (Lipinski definition) is 4. The van der Waals surface area contributed by atoms with Gasteiger partial charge in [-0.05, 0) is 62.2 Å². The van der Waals surface area contributed by atoms with Gasteiger partial charge in [0.15, 0.2) is 0 Å². The molecule has 0 saturated carbocycles. The minimum absolute atomic E-state index is 0.00919. The van der Waals surface area contributed by atoms with Crippen LogP contribution in [-0.2, 0) is 0 Å². The highest BCUT2D eigenvalue weighted by atomic mass is 15.4. The van der Waals surface area contributed by atoms with Crippen molar-refractivity contribution in [2.45, 2.75) is 31.8 Å². The fourth-order valence-electron chi connectivity index (χ4n) is 6.86. The van der Waals surface area contributed by atoms with E-state index in [1.54, 1.807) is 0 Å². The van der Waals surface area contributed by atoms with Crippen molar-refractivity contribution in [3.63, 3.8) is 0 Å². The second kappa shape index (κ2) is 12.7. The third-order valence-corrected chi connectivity index (χ3v) is 9.15. The van der Waals surface area contributed by atoms with Crippen molar-refractivity contribution in [1.29, 1.82) is 0 Å². The molecule has 1 fully saturated rings. The van der Waals surface area contributed by atoms with Crippen molar-refractivity contribution in [3.8, 4) is 0 Å². The Hall–Kier alpha value is -4.32. The van der Waals surface area contributed by atoms with E-state index >= 15 is 0 Å². The van der Waals surface area contributed by atoms with Gasteiger partial charge in [0.25, 0.3) is 0 Å². The standard InChI is InChI=1S/C40H40N4/c1-27(13-12-22-41)31-23-32(37-26-30-18-8-9-19-34(30)35-20-10-11-21-36(35)37)25-33(24-31)40-43-38(28-14-4-2-5-15-28)42-39(44-40)29-16-6-3-7-17-29/h2-21,23,25-27,33,38-40,42-44H,22,24,41H2,1H3/b13-12-. The summed E-state index contributed by atoms with van der Waals surface area (Å²) < 4.78 is 0. The lowest BCUT2D eigenvalue weighted by Crippen LogP contribution is -2.61. The number of benzene rings is 5. The van der Waals surface area contributed by atoms with E-state index in [4.69, 9.17) is 5.73 Å². The van der Waals surface area contributed by atoms with Crippen molar-refractivity contribution in [1.82, 2.24) is 16.0 Å². The first-order valence-electron chi connectivity index (χ1n) is 15.8. The second-order valence-corrected chi connectivity index (χ2v) is 12.0. The minimum Gasteiger partial charge on any atom is -0.327 e. The van der Waals surface area contributed by atoms with Crippen LogP contribution in [0.25, 0.3) is 27.1 Å². The zero-order chi connectivity index (χ0) is 29.9. The van der Waals surface area contributed by atoms with Gasteiger partial charge in [-0.2, -0.15) is 0 Å². The first-order valence-corrected chi connectivity index (χ1v) is 15.8. The number of hydrogen-bond donors (Lipinski definition) is 4. The van der Waals surface area contributed by atoms with Gasteiger partial charge in [-0.15, -0.1) is 0 Å². The van der Waals surface area contributed by atoms with E-state index in [0.29, 0.717) is 6.54 Å². The maximum Gasteiger partial charge on any atom is 0.0862 e. The quantitative estimate of drug-likeness (QED) is 0.117. The second-order valence-electron chi connectivity index (χ2n) is 12.0. The molecule has 220 valence electrons. The van der Waals surface area contributed by atoms with Crippen LogP contribution in [0.3, 0.4) is 0 Å². The molecule has 1 saturated heterocycles.